The molecule has 130 valence electrons. The predicted octanol–water partition coefficient (Wildman–Crippen LogP) is 3.50. The second-order valence-electron chi connectivity index (χ2n) is 6.09. The van der Waals surface area contributed by atoms with Crippen LogP contribution in [0.15, 0.2) is 42.5 Å². The number of nitrogens with one attached hydrogen (secondary N) is 2. The predicted molar refractivity (Wildman–Crippen MR) is 93.1 cm³/mol. The van der Waals surface area contributed by atoms with Gasteiger partial charge in [0, 0.05) is 17.3 Å². The number of benzene rings is 2. The largest absolute Gasteiger partial charge is 0.484 e. The number of amides is 2. The van der Waals surface area contributed by atoms with E-state index in [-0.39, 0.29) is 30.2 Å². The summed E-state index contributed by atoms with van der Waals surface area (Å²) in [5.41, 5.74) is 1.60. The van der Waals surface area contributed by atoms with E-state index in [1.807, 2.05) is 0 Å². The molecule has 0 heterocycles. The van der Waals surface area contributed by atoms with E-state index in [9.17, 15) is 14.0 Å². The Morgan fingerprint density at radius 1 is 1.08 bits per heavy atom. The number of hydrogen-bond donors (Lipinski definition) is 2. The van der Waals surface area contributed by atoms with Crippen molar-refractivity contribution in [1.29, 1.82) is 0 Å². The number of carbonyl (C=O) groups is 2. The van der Waals surface area contributed by atoms with E-state index in [1.54, 1.807) is 43.3 Å². The third-order valence-electron chi connectivity index (χ3n) is 3.90. The standard InChI is InChI=1S/C19H19FN2O3/c1-12-2-5-15(10-17(12)20)21-18(23)11-25-16-8-6-14(7-9-16)22-19(24)13-3-4-13/h2,5-10,13H,3-4,11H2,1H3,(H,21,23)(H,22,24). The van der Waals surface area contributed by atoms with Crippen molar-refractivity contribution in [2.45, 2.75) is 19.8 Å². The summed E-state index contributed by atoms with van der Waals surface area (Å²) in [5.74, 6) is -0.0591. The fourth-order valence-electron chi connectivity index (χ4n) is 2.24. The number of aryl methyl sites for hydroxylation is 1. The summed E-state index contributed by atoms with van der Waals surface area (Å²) < 4.78 is 18.8. The summed E-state index contributed by atoms with van der Waals surface area (Å²) in [6, 6.07) is 11.3. The molecule has 3 rings (SSSR count). The highest BCUT2D eigenvalue weighted by atomic mass is 19.1. The fourth-order valence-corrected chi connectivity index (χ4v) is 2.24. The molecule has 0 aliphatic heterocycles. The number of ether oxygens (including phenoxy) is 1. The molecule has 0 unspecified atom stereocenters. The van der Waals surface area contributed by atoms with Gasteiger partial charge in [-0.1, -0.05) is 6.07 Å². The van der Waals surface area contributed by atoms with E-state index >= 15 is 0 Å². The SMILES string of the molecule is Cc1ccc(NC(=O)COc2ccc(NC(=O)C3CC3)cc2)cc1F. The normalized spacial score (nSPS) is 13.2. The third-order valence-corrected chi connectivity index (χ3v) is 3.90. The Labute approximate surface area is 145 Å². The minimum Gasteiger partial charge on any atom is -0.484 e. The maximum absolute atomic E-state index is 13.4. The quantitative estimate of drug-likeness (QED) is 0.844. The van der Waals surface area contributed by atoms with Crippen LogP contribution in [0.5, 0.6) is 5.75 Å². The number of carbonyl (C=O) groups excluding carboxylic acids is 2. The lowest BCUT2D eigenvalue weighted by Gasteiger charge is -2.09. The molecular weight excluding hydrogens is 323 g/mol. The lowest BCUT2D eigenvalue weighted by atomic mass is 10.2. The fraction of sp³-hybridized carbons (Fsp3) is 0.263. The zero-order valence-corrected chi connectivity index (χ0v) is 13.8. The topological polar surface area (TPSA) is 67.4 Å². The van der Waals surface area contributed by atoms with Gasteiger partial charge in [-0.3, -0.25) is 9.59 Å². The first-order chi connectivity index (χ1) is 12.0. The van der Waals surface area contributed by atoms with Crippen LogP contribution in [-0.4, -0.2) is 18.4 Å². The molecule has 25 heavy (non-hydrogen) atoms. The molecule has 2 N–H and O–H groups in total. The molecule has 6 heteroatoms. The van der Waals surface area contributed by atoms with Gasteiger partial charge in [-0.05, 0) is 61.7 Å². The van der Waals surface area contributed by atoms with Crippen LogP contribution in [0.25, 0.3) is 0 Å². The maximum atomic E-state index is 13.4. The van der Waals surface area contributed by atoms with Crippen LogP contribution in [0.1, 0.15) is 18.4 Å². The van der Waals surface area contributed by atoms with Crippen LogP contribution < -0.4 is 15.4 Å². The van der Waals surface area contributed by atoms with E-state index in [0.29, 0.717) is 22.7 Å². The molecule has 5 nitrogen and oxygen atoms in total. The lowest BCUT2D eigenvalue weighted by Crippen LogP contribution is -2.20. The van der Waals surface area contributed by atoms with Crippen molar-refractivity contribution in [3.05, 3.63) is 53.8 Å². The van der Waals surface area contributed by atoms with Gasteiger partial charge in [-0.2, -0.15) is 0 Å². The van der Waals surface area contributed by atoms with Gasteiger partial charge in [0.05, 0.1) is 0 Å². The Hall–Kier alpha value is -2.89. The molecule has 2 aromatic rings. The van der Waals surface area contributed by atoms with Gasteiger partial charge in [0.15, 0.2) is 6.61 Å². The van der Waals surface area contributed by atoms with Crippen molar-refractivity contribution < 1.29 is 18.7 Å². The van der Waals surface area contributed by atoms with Gasteiger partial charge in [0.2, 0.25) is 5.91 Å². The molecule has 0 saturated heterocycles. The molecule has 2 aromatic carbocycles. The van der Waals surface area contributed by atoms with Crippen LogP contribution >= 0.6 is 0 Å². The Balaban J connectivity index is 1.48. The van der Waals surface area contributed by atoms with Gasteiger partial charge in [0.1, 0.15) is 11.6 Å². The summed E-state index contributed by atoms with van der Waals surface area (Å²) >= 11 is 0. The van der Waals surface area contributed by atoms with Crippen LogP contribution in [0, 0.1) is 18.7 Å². The molecule has 1 aliphatic rings. The van der Waals surface area contributed by atoms with Gasteiger partial charge in [-0.15, -0.1) is 0 Å². The highest BCUT2D eigenvalue weighted by molar-refractivity contribution is 5.94. The zero-order chi connectivity index (χ0) is 17.8. The summed E-state index contributed by atoms with van der Waals surface area (Å²) in [5, 5.41) is 5.41. The number of halogens is 1. The van der Waals surface area contributed by atoms with Crippen molar-refractivity contribution in [3.8, 4) is 5.75 Å². The number of anilines is 2. The molecule has 1 fully saturated rings. The van der Waals surface area contributed by atoms with E-state index in [4.69, 9.17) is 4.74 Å². The van der Waals surface area contributed by atoms with Crippen molar-refractivity contribution >= 4 is 23.2 Å². The van der Waals surface area contributed by atoms with Crippen LogP contribution in [0.2, 0.25) is 0 Å². The highest BCUT2D eigenvalue weighted by Gasteiger charge is 2.29. The van der Waals surface area contributed by atoms with Crippen molar-refractivity contribution in [2.24, 2.45) is 5.92 Å². The second-order valence-corrected chi connectivity index (χ2v) is 6.09. The van der Waals surface area contributed by atoms with Gasteiger partial charge in [-0.25, -0.2) is 4.39 Å². The summed E-state index contributed by atoms with van der Waals surface area (Å²) in [7, 11) is 0. The molecule has 0 radical (unpaired) electrons. The van der Waals surface area contributed by atoms with Crippen LogP contribution in [0.3, 0.4) is 0 Å². The van der Waals surface area contributed by atoms with E-state index < -0.39 is 0 Å². The monoisotopic (exact) mass is 342 g/mol. The van der Waals surface area contributed by atoms with Gasteiger partial charge >= 0.3 is 0 Å². The lowest BCUT2D eigenvalue weighted by molar-refractivity contribution is -0.118. The molecule has 0 bridgehead atoms. The average molecular weight is 342 g/mol. The maximum Gasteiger partial charge on any atom is 0.262 e. The van der Waals surface area contributed by atoms with Gasteiger partial charge < -0.3 is 15.4 Å². The zero-order valence-electron chi connectivity index (χ0n) is 13.8. The molecule has 0 spiro atoms. The Bertz CT molecular complexity index is 786. The van der Waals surface area contributed by atoms with E-state index in [1.165, 1.54) is 6.07 Å². The molecule has 2 amide bonds. The van der Waals surface area contributed by atoms with Crippen LogP contribution in [-0.2, 0) is 9.59 Å². The number of rotatable bonds is 6. The summed E-state index contributed by atoms with van der Waals surface area (Å²) in [6.07, 6.45) is 1.90. The summed E-state index contributed by atoms with van der Waals surface area (Å²) in [4.78, 5) is 23.5. The molecule has 1 aliphatic carbocycles. The molecule has 1 saturated carbocycles. The smallest absolute Gasteiger partial charge is 0.262 e. The van der Waals surface area contributed by atoms with Crippen molar-refractivity contribution in [3.63, 3.8) is 0 Å². The third kappa shape index (κ3) is 4.79. The molecule has 0 atom stereocenters. The Morgan fingerprint density at radius 3 is 2.40 bits per heavy atom. The minimum atomic E-state index is -0.380. The highest BCUT2D eigenvalue weighted by Crippen LogP contribution is 2.30. The Kier molecular flexibility index (Phi) is 4.97. The van der Waals surface area contributed by atoms with Crippen molar-refractivity contribution in [2.75, 3.05) is 17.2 Å². The first-order valence-corrected chi connectivity index (χ1v) is 8.11. The van der Waals surface area contributed by atoms with Gasteiger partial charge in [0.25, 0.3) is 5.91 Å². The van der Waals surface area contributed by atoms with Crippen molar-refractivity contribution in [1.82, 2.24) is 0 Å². The molecular formula is C19H19FN2O3. The van der Waals surface area contributed by atoms with E-state index in [0.717, 1.165) is 12.8 Å². The molecule has 0 aromatic heterocycles. The Morgan fingerprint density at radius 2 is 1.76 bits per heavy atom. The first kappa shape index (κ1) is 17.0. The average Bonchev–Trinajstić information content (AvgIpc) is 3.43. The minimum absolute atomic E-state index is 0.0402. The second kappa shape index (κ2) is 7.34. The summed E-state index contributed by atoms with van der Waals surface area (Å²) in [6.45, 7) is 1.46. The van der Waals surface area contributed by atoms with E-state index in [2.05, 4.69) is 10.6 Å². The number of hydrogen-bond acceptors (Lipinski definition) is 3. The van der Waals surface area contributed by atoms with Crippen LogP contribution in [0.4, 0.5) is 15.8 Å². The first-order valence-electron chi connectivity index (χ1n) is 8.11.